The maximum absolute atomic E-state index is 12.4. The second-order valence-corrected chi connectivity index (χ2v) is 6.78. The summed E-state index contributed by atoms with van der Waals surface area (Å²) in [7, 11) is 0. The number of quaternary nitrogens is 1. The van der Waals surface area contributed by atoms with Gasteiger partial charge in [0, 0.05) is 28.7 Å². The molecular formula is C21H21N4O2S+. The standard InChI is InChI=1S/C21H20N4O2S/c22-17-7-2-1-4-13(17)11-20(26)24-15-5-3-6-16(12-15)25-21(27)14-8-9-19(28)18(23)10-14/h1-10,12,28H,11,22-23H2,(H,24,26)(H,25,27)/p+1. The Balaban J connectivity index is 1.66. The minimum absolute atomic E-state index is 0.172. The van der Waals surface area contributed by atoms with E-state index < -0.39 is 0 Å². The summed E-state index contributed by atoms with van der Waals surface area (Å²) in [5.41, 5.74) is 13.4. The molecule has 6 nitrogen and oxygen atoms in total. The van der Waals surface area contributed by atoms with Gasteiger partial charge in [-0.05, 0) is 42.0 Å². The first-order valence-corrected chi connectivity index (χ1v) is 9.07. The van der Waals surface area contributed by atoms with E-state index in [9.17, 15) is 9.59 Å². The molecule has 0 fully saturated rings. The summed E-state index contributed by atoms with van der Waals surface area (Å²) in [5.74, 6) is -0.453. The molecule has 0 aliphatic heterocycles. The minimum Gasteiger partial charge on any atom is -0.398 e. The van der Waals surface area contributed by atoms with E-state index in [2.05, 4.69) is 29.0 Å². The number of para-hydroxylation sites is 1. The van der Waals surface area contributed by atoms with E-state index in [1.165, 1.54) is 0 Å². The maximum Gasteiger partial charge on any atom is 0.255 e. The molecule has 0 spiro atoms. The van der Waals surface area contributed by atoms with Gasteiger partial charge in [-0.25, -0.2) is 0 Å². The van der Waals surface area contributed by atoms with Crippen LogP contribution in [0.4, 0.5) is 22.7 Å². The van der Waals surface area contributed by atoms with Crippen LogP contribution in [0.25, 0.3) is 0 Å². The lowest BCUT2D eigenvalue weighted by Gasteiger charge is -2.10. The van der Waals surface area contributed by atoms with E-state index in [1.807, 2.05) is 18.2 Å². The highest BCUT2D eigenvalue weighted by Gasteiger charge is 2.11. The molecule has 28 heavy (non-hydrogen) atoms. The highest BCUT2D eigenvalue weighted by Crippen LogP contribution is 2.20. The fourth-order valence-electron chi connectivity index (χ4n) is 2.68. The molecule has 0 saturated heterocycles. The topological polar surface area (TPSA) is 112 Å². The van der Waals surface area contributed by atoms with E-state index in [4.69, 9.17) is 5.73 Å². The number of nitrogen functional groups attached to an aromatic ring is 1. The second-order valence-electron chi connectivity index (χ2n) is 6.30. The van der Waals surface area contributed by atoms with Gasteiger partial charge in [0.25, 0.3) is 5.91 Å². The van der Waals surface area contributed by atoms with Crippen molar-refractivity contribution < 1.29 is 15.3 Å². The summed E-state index contributed by atoms with van der Waals surface area (Å²) < 4.78 is 0. The normalized spacial score (nSPS) is 10.4. The van der Waals surface area contributed by atoms with Crippen molar-refractivity contribution >= 4 is 47.2 Å². The quantitative estimate of drug-likeness (QED) is 0.339. The summed E-state index contributed by atoms with van der Waals surface area (Å²) in [5, 5.41) is 5.64. The van der Waals surface area contributed by atoms with Gasteiger partial charge in [0.15, 0.2) is 0 Å². The van der Waals surface area contributed by atoms with E-state index in [-0.39, 0.29) is 18.2 Å². The number of amides is 2. The molecule has 0 aromatic heterocycles. The van der Waals surface area contributed by atoms with Gasteiger partial charge in [0.1, 0.15) is 5.69 Å². The Morgan fingerprint density at radius 3 is 2.36 bits per heavy atom. The maximum atomic E-state index is 12.4. The van der Waals surface area contributed by atoms with E-state index in [0.29, 0.717) is 28.3 Å². The summed E-state index contributed by atoms with van der Waals surface area (Å²) in [4.78, 5) is 25.4. The minimum atomic E-state index is -0.265. The summed E-state index contributed by atoms with van der Waals surface area (Å²) in [6.45, 7) is 0. The van der Waals surface area contributed by atoms with Crippen molar-refractivity contribution in [2.45, 2.75) is 11.3 Å². The zero-order valence-electron chi connectivity index (χ0n) is 15.1. The summed E-state index contributed by atoms with van der Waals surface area (Å²) >= 11 is 4.26. The van der Waals surface area contributed by atoms with Crippen molar-refractivity contribution in [2.24, 2.45) is 0 Å². The van der Waals surface area contributed by atoms with Crippen LogP contribution in [0.5, 0.6) is 0 Å². The predicted molar refractivity (Wildman–Crippen MR) is 114 cm³/mol. The van der Waals surface area contributed by atoms with Crippen molar-refractivity contribution in [3.8, 4) is 0 Å². The smallest absolute Gasteiger partial charge is 0.255 e. The van der Waals surface area contributed by atoms with Crippen LogP contribution in [0.15, 0.2) is 71.6 Å². The molecule has 3 aromatic rings. The number of hydrogen-bond acceptors (Lipinski definition) is 4. The molecule has 0 heterocycles. The molecule has 0 aliphatic carbocycles. The number of rotatable bonds is 5. The van der Waals surface area contributed by atoms with Crippen molar-refractivity contribution in [1.29, 1.82) is 0 Å². The van der Waals surface area contributed by atoms with Crippen LogP contribution in [0.1, 0.15) is 15.9 Å². The molecule has 7 heteroatoms. The monoisotopic (exact) mass is 393 g/mol. The lowest BCUT2D eigenvalue weighted by Crippen LogP contribution is -2.41. The van der Waals surface area contributed by atoms with Gasteiger partial charge in [-0.15, -0.1) is 12.6 Å². The molecule has 3 rings (SSSR count). The Bertz CT molecular complexity index is 1040. The van der Waals surface area contributed by atoms with Crippen LogP contribution in [0, 0.1) is 0 Å². The fraction of sp³-hybridized carbons (Fsp3) is 0.0476. The molecule has 0 saturated carbocycles. The van der Waals surface area contributed by atoms with Gasteiger partial charge in [0.2, 0.25) is 5.91 Å². The van der Waals surface area contributed by atoms with Gasteiger partial charge < -0.3 is 22.1 Å². The third kappa shape index (κ3) is 4.91. The molecule has 0 radical (unpaired) electrons. The van der Waals surface area contributed by atoms with Crippen LogP contribution in [0.3, 0.4) is 0 Å². The van der Waals surface area contributed by atoms with Gasteiger partial charge in [-0.1, -0.05) is 24.3 Å². The number of nitrogens with two attached hydrogens (primary N) is 1. The number of carbonyl (C=O) groups excluding carboxylic acids is 2. The molecule has 2 amide bonds. The lowest BCUT2D eigenvalue weighted by atomic mass is 10.1. The molecule has 7 N–H and O–H groups in total. The largest absolute Gasteiger partial charge is 0.398 e. The van der Waals surface area contributed by atoms with Gasteiger partial charge in [0.05, 0.1) is 11.3 Å². The average Bonchev–Trinajstić information content (AvgIpc) is 2.66. The van der Waals surface area contributed by atoms with Crippen molar-refractivity contribution in [3.63, 3.8) is 0 Å². The Morgan fingerprint density at radius 1 is 0.929 bits per heavy atom. The number of nitrogens with one attached hydrogen (secondary N) is 2. The number of carbonyl (C=O) groups is 2. The Labute approximate surface area is 168 Å². The van der Waals surface area contributed by atoms with E-state index >= 15 is 0 Å². The number of hydrogen-bond donors (Lipinski definition) is 5. The Morgan fingerprint density at radius 2 is 1.64 bits per heavy atom. The number of anilines is 3. The van der Waals surface area contributed by atoms with Crippen LogP contribution < -0.4 is 22.1 Å². The average molecular weight is 393 g/mol. The fourth-order valence-corrected chi connectivity index (χ4v) is 2.82. The van der Waals surface area contributed by atoms with Crippen LogP contribution in [-0.4, -0.2) is 11.8 Å². The zero-order valence-corrected chi connectivity index (χ0v) is 16.0. The lowest BCUT2D eigenvalue weighted by molar-refractivity contribution is -0.258. The molecule has 0 atom stereocenters. The van der Waals surface area contributed by atoms with Gasteiger partial charge in [-0.3, -0.25) is 9.59 Å². The van der Waals surface area contributed by atoms with E-state index in [0.717, 1.165) is 10.5 Å². The van der Waals surface area contributed by atoms with Crippen LogP contribution >= 0.6 is 12.6 Å². The van der Waals surface area contributed by atoms with Crippen molar-refractivity contribution in [3.05, 3.63) is 77.9 Å². The third-order valence-corrected chi connectivity index (χ3v) is 4.59. The number of thiol groups is 1. The molecule has 3 aromatic carbocycles. The highest BCUT2D eigenvalue weighted by molar-refractivity contribution is 7.80. The first-order chi connectivity index (χ1) is 13.4. The summed E-state index contributed by atoms with van der Waals surface area (Å²) in [6, 6.07) is 19.3. The zero-order chi connectivity index (χ0) is 20.1. The first-order valence-electron chi connectivity index (χ1n) is 8.62. The third-order valence-electron chi connectivity index (χ3n) is 4.15. The van der Waals surface area contributed by atoms with Crippen LogP contribution in [0.2, 0.25) is 0 Å². The van der Waals surface area contributed by atoms with Gasteiger partial charge >= 0.3 is 0 Å². The van der Waals surface area contributed by atoms with Gasteiger partial charge in [-0.2, -0.15) is 0 Å². The molecule has 0 bridgehead atoms. The highest BCUT2D eigenvalue weighted by atomic mass is 32.1. The first kappa shape index (κ1) is 19.5. The van der Waals surface area contributed by atoms with Crippen molar-refractivity contribution in [1.82, 2.24) is 0 Å². The number of benzene rings is 3. The van der Waals surface area contributed by atoms with Crippen molar-refractivity contribution in [2.75, 3.05) is 16.4 Å². The molecule has 142 valence electrons. The molecular weight excluding hydrogens is 372 g/mol. The Kier molecular flexibility index (Phi) is 5.98. The van der Waals surface area contributed by atoms with Crippen LogP contribution in [-0.2, 0) is 11.2 Å². The predicted octanol–water partition coefficient (Wildman–Crippen LogP) is 2.86. The Hall–Kier alpha value is -3.29. The second kappa shape index (κ2) is 8.60. The molecule has 0 aliphatic rings. The molecule has 0 unspecified atom stereocenters. The SMILES string of the molecule is Nc1ccccc1CC(=O)Nc1cccc(NC(=O)c2ccc(S)c([NH3+])c2)c1. The summed E-state index contributed by atoms with van der Waals surface area (Å²) in [6.07, 6.45) is 0.172. The van der Waals surface area contributed by atoms with E-state index in [1.54, 1.807) is 48.5 Å².